The summed E-state index contributed by atoms with van der Waals surface area (Å²) in [6, 6.07) is 0. The zero-order chi connectivity index (χ0) is 11.1. The van der Waals surface area contributed by atoms with Crippen LogP contribution in [0.15, 0.2) is 6.20 Å². The molecular weight excluding hydrogens is 224 g/mol. The molecule has 0 aliphatic heterocycles. The molecule has 16 heavy (non-hydrogen) atoms. The first-order chi connectivity index (χ1) is 7.72. The molecule has 2 aromatic heterocycles. The van der Waals surface area contributed by atoms with E-state index in [-0.39, 0.29) is 11.8 Å². The molecule has 1 aliphatic carbocycles. The summed E-state index contributed by atoms with van der Waals surface area (Å²) in [6.45, 7) is 2.46. The number of nitrogens with zero attached hydrogens (tertiary/aromatic N) is 3. The van der Waals surface area contributed by atoms with Gasteiger partial charge >= 0.3 is 0 Å². The minimum absolute atomic E-state index is 0.153. The van der Waals surface area contributed by atoms with E-state index in [1.807, 2.05) is 13.1 Å². The van der Waals surface area contributed by atoms with Crippen LogP contribution in [0.5, 0.6) is 0 Å². The minimum atomic E-state index is 0.153. The molecule has 2 heterocycles. The van der Waals surface area contributed by atoms with Gasteiger partial charge in [-0.3, -0.25) is 4.79 Å². The van der Waals surface area contributed by atoms with E-state index in [9.17, 15) is 4.79 Å². The van der Waals surface area contributed by atoms with Crippen LogP contribution < -0.4 is 5.32 Å². The van der Waals surface area contributed by atoms with Crippen molar-refractivity contribution in [2.45, 2.75) is 26.3 Å². The van der Waals surface area contributed by atoms with E-state index in [1.165, 1.54) is 0 Å². The fourth-order valence-corrected chi connectivity index (χ4v) is 2.34. The lowest BCUT2D eigenvalue weighted by atomic mass is 10.4. The highest BCUT2D eigenvalue weighted by atomic mass is 32.1. The maximum atomic E-state index is 11.4. The SMILES string of the molecule is Cc1nn2cc(CNC(=O)C3CC3)nc2s1. The maximum Gasteiger partial charge on any atom is 0.223 e. The van der Waals surface area contributed by atoms with Crippen molar-refractivity contribution in [2.24, 2.45) is 5.92 Å². The van der Waals surface area contributed by atoms with E-state index in [2.05, 4.69) is 15.4 Å². The quantitative estimate of drug-likeness (QED) is 0.869. The van der Waals surface area contributed by atoms with Crippen LogP contribution in [0.25, 0.3) is 4.96 Å². The van der Waals surface area contributed by atoms with Gasteiger partial charge in [-0.2, -0.15) is 5.10 Å². The van der Waals surface area contributed by atoms with Gasteiger partial charge in [0.25, 0.3) is 0 Å². The monoisotopic (exact) mass is 236 g/mol. The first kappa shape index (κ1) is 9.77. The van der Waals surface area contributed by atoms with Crippen LogP contribution in [-0.4, -0.2) is 20.5 Å². The summed E-state index contributed by atoms with van der Waals surface area (Å²) in [4.78, 5) is 16.7. The Kier molecular flexibility index (Phi) is 2.17. The molecule has 0 saturated heterocycles. The first-order valence-electron chi connectivity index (χ1n) is 5.32. The van der Waals surface area contributed by atoms with Crippen molar-refractivity contribution >= 4 is 22.2 Å². The van der Waals surface area contributed by atoms with Crippen LogP contribution in [0.1, 0.15) is 23.5 Å². The highest BCUT2D eigenvalue weighted by molar-refractivity contribution is 7.16. The van der Waals surface area contributed by atoms with E-state index >= 15 is 0 Å². The number of carbonyl (C=O) groups is 1. The molecule has 6 heteroatoms. The number of aryl methyl sites for hydroxylation is 1. The number of hydrogen-bond acceptors (Lipinski definition) is 4. The Labute approximate surface area is 96.5 Å². The molecule has 0 atom stereocenters. The number of carbonyl (C=O) groups excluding carboxylic acids is 1. The van der Waals surface area contributed by atoms with Gasteiger partial charge < -0.3 is 5.32 Å². The third-order valence-electron chi connectivity index (χ3n) is 2.59. The molecular formula is C10H12N4OS. The molecule has 1 aliphatic rings. The fourth-order valence-electron chi connectivity index (χ4n) is 1.60. The zero-order valence-corrected chi connectivity index (χ0v) is 9.75. The van der Waals surface area contributed by atoms with Crippen LogP contribution in [0, 0.1) is 12.8 Å². The van der Waals surface area contributed by atoms with Crippen molar-refractivity contribution in [2.75, 3.05) is 0 Å². The van der Waals surface area contributed by atoms with Crippen molar-refractivity contribution in [1.82, 2.24) is 19.9 Å². The van der Waals surface area contributed by atoms with Crippen molar-refractivity contribution in [1.29, 1.82) is 0 Å². The summed E-state index contributed by atoms with van der Waals surface area (Å²) >= 11 is 1.55. The van der Waals surface area contributed by atoms with E-state index in [0.717, 1.165) is 28.5 Å². The largest absolute Gasteiger partial charge is 0.350 e. The Balaban J connectivity index is 1.69. The van der Waals surface area contributed by atoms with Crippen molar-refractivity contribution in [3.8, 4) is 0 Å². The normalized spacial score (nSPS) is 15.6. The lowest BCUT2D eigenvalue weighted by molar-refractivity contribution is -0.122. The topological polar surface area (TPSA) is 59.3 Å². The second-order valence-electron chi connectivity index (χ2n) is 4.07. The highest BCUT2D eigenvalue weighted by Crippen LogP contribution is 2.28. The van der Waals surface area contributed by atoms with Gasteiger partial charge in [0.05, 0.1) is 18.4 Å². The summed E-state index contributed by atoms with van der Waals surface area (Å²) in [6.07, 6.45) is 3.93. The Morgan fingerprint density at radius 3 is 3.19 bits per heavy atom. The molecule has 1 N–H and O–H groups in total. The molecule has 0 radical (unpaired) electrons. The summed E-state index contributed by atoms with van der Waals surface area (Å²) < 4.78 is 1.76. The Morgan fingerprint density at radius 2 is 2.50 bits per heavy atom. The molecule has 3 rings (SSSR count). The molecule has 0 unspecified atom stereocenters. The fraction of sp³-hybridized carbons (Fsp3) is 0.500. The van der Waals surface area contributed by atoms with Gasteiger partial charge in [-0.15, -0.1) is 0 Å². The molecule has 0 bridgehead atoms. The third kappa shape index (κ3) is 1.80. The summed E-state index contributed by atoms with van der Waals surface area (Å²) in [5.41, 5.74) is 0.868. The Bertz CT molecular complexity index is 508. The minimum Gasteiger partial charge on any atom is -0.350 e. The number of amides is 1. The number of imidazole rings is 1. The van der Waals surface area contributed by atoms with Gasteiger partial charge in [-0.05, 0) is 19.8 Å². The number of aromatic nitrogens is 3. The van der Waals surface area contributed by atoms with Crippen LogP contribution >= 0.6 is 11.3 Å². The number of nitrogens with one attached hydrogen (secondary N) is 1. The molecule has 1 amide bonds. The van der Waals surface area contributed by atoms with Gasteiger partial charge in [0.2, 0.25) is 10.9 Å². The van der Waals surface area contributed by atoms with E-state index < -0.39 is 0 Å². The predicted octanol–water partition coefficient (Wildman–Crippen LogP) is 1.13. The average Bonchev–Trinajstić information content (AvgIpc) is 2.93. The average molecular weight is 236 g/mol. The number of fused-ring (bicyclic) bond motifs is 1. The highest BCUT2D eigenvalue weighted by Gasteiger charge is 2.29. The predicted molar refractivity (Wildman–Crippen MR) is 60.2 cm³/mol. The molecule has 1 saturated carbocycles. The van der Waals surface area contributed by atoms with Gasteiger partial charge in [0.15, 0.2) is 0 Å². The molecule has 5 nitrogen and oxygen atoms in total. The zero-order valence-electron chi connectivity index (χ0n) is 8.93. The standard InChI is InChI=1S/C10H12N4OS/c1-6-13-14-5-8(12-10(14)16-6)4-11-9(15)7-2-3-7/h5,7H,2-4H2,1H3,(H,11,15). The lowest BCUT2D eigenvalue weighted by Gasteiger charge is -1.99. The third-order valence-corrected chi connectivity index (χ3v) is 3.42. The van der Waals surface area contributed by atoms with E-state index in [4.69, 9.17) is 0 Å². The van der Waals surface area contributed by atoms with Gasteiger partial charge in [-0.1, -0.05) is 11.3 Å². The van der Waals surface area contributed by atoms with Crippen LogP contribution in [0.3, 0.4) is 0 Å². The molecule has 0 aromatic carbocycles. The van der Waals surface area contributed by atoms with Crippen molar-refractivity contribution in [3.05, 3.63) is 16.9 Å². The van der Waals surface area contributed by atoms with E-state index in [0.29, 0.717) is 6.54 Å². The number of hydrogen-bond donors (Lipinski definition) is 1. The molecule has 2 aromatic rings. The molecule has 1 fully saturated rings. The summed E-state index contributed by atoms with van der Waals surface area (Å²) in [5, 5.41) is 8.15. The number of rotatable bonds is 3. The summed E-state index contributed by atoms with van der Waals surface area (Å²) in [7, 11) is 0. The second-order valence-corrected chi connectivity index (χ2v) is 5.23. The van der Waals surface area contributed by atoms with Crippen LogP contribution in [0.2, 0.25) is 0 Å². The van der Waals surface area contributed by atoms with Crippen LogP contribution in [-0.2, 0) is 11.3 Å². The second kappa shape index (κ2) is 3.55. The maximum absolute atomic E-state index is 11.4. The lowest BCUT2D eigenvalue weighted by Crippen LogP contribution is -2.24. The molecule has 84 valence electrons. The molecule has 0 spiro atoms. The summed E-state index contributed by atoms with van der Waals surface area (Å²) in [5.74, 6) is 0.407. The van der Waals surface area contributed by atoms with E-state index in [1.54, 1.807) is 15.9 Å². The van der Waals surface area contributed by atoms with Gasteiger partial charge in [0, 0.05) is 5.92 Å². The first-order valence-corrected chi connectivity index (χ1v) is 6.13. The van der Waals surface area contributed by atoms with Crippen molar-refractivity contribution in [3.63, 3.8) is 0 Å². The Hall–Kier alpha value is -1.43. The van der Waals surface area contributed by atoms with Crippen molar-refractivity contribution < 1.29 is 4.79 Å². The van der Waals surface area contributed by atoms with Gasteiger partial charge in [-0.25, -0.2) is 9.50 Å². The van der Waals surface area contributed by atoms with Gasteiger partial charge in [0.1, 0.15) is 5.01 Å². The smallest absolute Gasteiger partial charge is 0.223 e. The Morgan fingerprint density at radius 1 is 1.69 bits per heavy atom. The van der Waals surface area contributed by atoms with Crippen LogP contribution in [0.4, 0.5) is 0 Å².